The van der Waals surface area contributed by atoms with Gasteiger partial charge in [0.25, 0.3) is 11.5 Å². The number of amides is 1. The van der Waals surface area contributed by atoms with Crippen LogP contribution in [0.5, 0.6) is 5.75 Å². The first-order valence-corrected chi connectivity index (χ1v) is 14.6. The maximum absolute atomic E-state index is 14.2. The number of carbonyl (C=O) groups is 2. The minimum atomic E-state index is -0.826. The number of para-hydroxylation sites is 1. The average molecular weight is 593 g/mol. The summed E-state index contributed by atoms with van der Waals surface area (Å²) in [5.41, 5.74) is 2.94. The number of esters is 1. The molecule has 3 aromatic carbocycles. The first-order chi connectivity index (χ1) is 20.9. The Kier molecular flexibility index (Phi) is 7.60. The van der Waals surface area contributed by atoms with Crippen LogP contribution in [0.4, 0.5) is 5.69 Å². The molecule has 0 radical (unpaired) electrons. The second-order valence-electron chi connectivity index (χ2n) is 9.93. The number of methoxy groups -OCH3 is 1. The van der Waals surface area contributed by atoms with E-state index >= 15 is 0 Å². The summed E-state index contributed by atoms with van der Waals surface area (Å²) in [6.07, 6.45) is 1.65. The van der Waals surface area contributed by atoms with Crippen LogP contribution in [0.25, 0.3) is 11.8 Å². The summed E-state index contributed by atoms with van der Waals surface area (Å²) >= 11 is 1.17. The fourth-order valence-corrected chi connectivity index (χ4v) is 6.24. The summed E-state index contributed by atoms with van der Waals surface area (Å²) < 4.78 is 12.7. The fourth-order valence-electron chi connectivity index (χ4n) is 5.23. The van der Waals surface area contributed by atoms with E-state index in [1.807, 2.05) is 72.8 Å². The smallest absolute Gasteiger partial charge is 0.338 e. The molecule has 6 rings (SSSR count). The Morgan fingerprint density at radius 3 is 2.30 bits per heavy atom. The highest BCUT2D eigenvalue weighted by Crippen LogP contribution is 2.35. The summed E-state index contributed by atoms with van der Waals surface area (Å²) in [5.74, 6) is -0.899. The number of nitrogens with zero attached hydrogens (tertiary/aromatic N) is 4. The molecule has 0 saturated carbocycles. The quantitative estimate of drug-likeness (QED) is 0.303. The number of ether oxygens (including phenoxy) is 2. The van der Waals surface area contributed by atoms with Gasteiger partial charge in [0.2, 0.25) is 0 Å². The molecule has 9 nitrogen and oxygen atoms in total. The lowest BCUT2D eigenvalue weighted by atomic mass is 9.93. The third kappa shape index (κ3) is 5.10. The van der Waals surface area contributed by atoms with Gasteiger partial charge in [0.05, 0.1) is 47.0 Å². The molecule has 1 amide bonds. The molecule has 0 N–H and O–H groups in total. The number of benzene rings is 3. The standard InChI is InChI=1S/C33H28N4O5S/c1-4-42-32(40)27-28(21-11-7-5-8-12-21)34-33-36(29(27)22-15-17-24(41-3)18-16-22)31(39)26(43-33)19-25-20(2)35-37(30(25)38)23-13-9-6-10-14-23/h5-19,25,29H,4H2,1-3H3/b26-19+/t25-,29-/m1/s1. The van der Waals surface area contributed by atoms with Gasteiger partial charge in [-0.15, -0.1) is 0 Å². The van der Waals surface area contributed by atoms with Crippen LogP contribution in [-0.2, 0) is 14.3 Å². The van der Waals surface area contributed by atoms with Gasteiger partial charge in [-0.25, -0.2) is 9.79 Å². The van der Waals surface area contributed by atoms with E-state index in [2.05, 4.69) is 5.10 Å². The normalized spacial score (nSPS) is 18.3. The lowest BCUT2D eigenvalue weighted by Gasteiger charge is -2.26. The Bertz CT molecular complexity index is 1940. The number of hydrazone groups is 1. The molecular formula is C33H28N4O5S. The monoisotopic (exact) mass is 592 g/mol. The predicted octanol–water partition coefficient (Wildman–Crippen LogP) is 3.93. The van der Waals surface area contributed by atoms with Crippen LogP contribution in [0.15, 0.2) is 105 Å². The van der Waals surface area contributed by atoms with E-state index in [-0.39, 0.29) is 23.6 Å². The second-order valence-corrected chi connectivity index (χ2v) is 10.9. The molecule has 216 valence electrons. The van der Waals surface area contributed by atoms with Gasteiger partial charge in [-0.3, -0.25) is 14.2 Å². The zero-order chi connectivity index (χ0) is 30.1. The van der Waals surface area contributed by atoms with Gasteiger partial charge in [-0.2, -0.15) is 10.1 Å². The van der Waals surface area contributed by atoms with Crippen LogP contribution >= 0.6 is 11.3 Å². The van der Waals surface area contributed by atoms with E-state index in [0.717, 1.165) is 0 Å². The van der Waals surface area contributed by atoms with Crippen LogP contribution in [0.3, 0.4) is 0 Å². The zero-order valence-electron chi connectivity index (χ0n) is 23.8. The van der Waals surface area contributed by atoms with Crippen molar-refractivity contribution in [1.29, 1.82) is 0 Å². The van der Waals surface area contributed by atoms with Crippen molar-refractivity contribution >= 4 is 46.4 Å². The van der Waals surface area contributed by atoms with Crippen LogP contribution in [0.1, 0.15) is 31.0 Å². The van der Waals surface area contributed by atoms with Gasteiger partial charge < -0.3 is 9.47 Å². The number of anilines is 1. The molecular weight excluding hydrogens is 564 g/mol. The first kappa shape index (κ1) is 28.0. The molecule has 0 spiro atoms. The molecule has 0 saturated heterocycles. The molecule has 3 heterocycles. The van der Waals surface area contributed by atoms with Gasteiger partial charge in [0.15, 0.2) is 4.80 Å². The Morgan fingerprint density at radius 2 is 1.65 bits per heavy atom. The molecule has 2 aliphatic rings. The summed E-state index contributed by atoms with van der Waals surface area (Å²) in [6.45, 7) is 3.66. The highest BCUT2D eigenvalue weighted by atomic mass is 32.1. The van der Waals surface area contributed by atoms with Gasteiger partial charge in [-0.05, 0) is 49.8 Å². The zero-order valence-corrected chi connectivity index (χ0v) is 24.6. The SMILES string of the molecule is CCOC(=O)C1=C(c2ccccc2)N=c2s/c(=C/[C@H]3C(=O)N(c4ccccc4)N=C3C)c(=O)n2[C@@H]1c1ccc(OC)cc1. The number of fused-ring (bicyclic) bond motifs is 1. The Balaban J connectivity index is 1.55. The molecule has 1 aromatic heterocycles. The van der Waals surface area contributed by atoms with Gasteiger partial charge in [0.1, 0.15) is 11.7 Å². The van der Waals surface area contributed by atoms with E-state index in [0.29, 0.717) is 43.3 Å². The second kappa shape index (κ2) is 11.7. The maximum Gasteiger partial charge on any atom is 0.338 e. The highest BCUT2D eigenvalue weighted by molar-refractivity contribution is 7.07. The van der Waals surface area contributed by atoms with Crippen LogP contribution in [0.2, 0.25) is 0 Å². The summed E-state index contributed by atoms with van der Waals surface area (Å²) in [4.78, 5) is 46.5. The van der Waals surface area contributed by atoms with E-state index in [1.54, 1.807) is 39.2 Å². The molecule has 0 aliphatic carbocycles. The van der Waals surface area contributed by atoms with Crippen molar-refractivity contribution in [2.45, 2.75) is 19.9 Å². The van der Waals surface area contributed by atoms with Crippen LogP contribution in [-0.4, -0.2) is 35.9 Å². The van der Waals surface area contributed by atoms with E-state index in [1.165, 1.54) is 20.9 Å². The predicted molar refractivity (Wildman–Crippen MR) is 165 cm³/mol. The molecule has 0 unspecified atom stereocenters. The largest absolute Gasteiger partial charge is 0.497 e. The Morgan fingerprint density at radius 1 is 0.977 bits per heavy atom. The Hall–Kier alpha value is -5.09. The molecule has 2 atom stereocenters. The van der Waals surface area contributed by atoms with Crippen molar-refractivity contribution < 1.29 is 19.1 Å². The summed E-state index contributed by atoms with van der Waals surface area (Å²) in [7, 11) is 1.57. The van der Waals surface area contributed by atoms with Crippen molar-refractivity contribution in [3.05, 3.63) is 121 Å². The summed E-state index contributed by atoms with van der Waals surface area (Å²) in [5, 5.41) is 5.84. The number of hydrogen-bond acceptors (Lipinski definition) is 8. The number of rotatable bonds is 7. The Labute approximate surface area is 251 Å². The average Bonchev–Trinajstić information content (AvgIpc) is 3.51. The maximum atomic E-state index is 14.2. The van der Waals surface area contributed by atoms with Crippen molar-refractivity contribution in [2.24, 2.45) is 16.0 Å². The summed E-state index contributed by atoms with van der Waals surface area (Å²) in [6, 6.07) is 24.9. The topological polar surface area (TPSA) is 103 Å². The first-order valence-electron chi connectivity index (χ1n) is 13.8. The number of thiazole rings is 1. The molecule has 4 aromatic rings. The minimum absolute atomic E-state index is 0.157. The van der Waals surface area contributed by atoms with Gasteiger partial charge in [-0.1, -0.05) is 72.0 Å². The lowest BCUT2D eigenvalue weighted by molar-refractivity contribution is -0.138. The lowest BCUT2D eigenvalue weighted by Crippen LogP contribution is -2.40. The van der Waals surface area contributed by atoms with Gasteiger partial charge >= 0.3 is 5.97 Å². The van der Waals surface area contributed by atoms with E-state index in [4.69, 9.17) is 14.5 Å². The van der Waals surface area contributed by atoms with Crippen molar-refractivity contribution in [3.63, 3.8) is 0 Å². The van der Waals surface area contributed by atoms with Crippen LogP contribution in [0, 0.1) is 5.92 Å². The van der Waals surface area contributed by atoms with Crippen molar-refractivity contribution in [1.82, 2.24) is 4.57 Å². The van der Waals surface area contributed by atoms with E-state index in [9.17, 15) is 14.4 Å². The highest BCUT2D eigenvalue weighted by Gasteiger charge is 2.37. The minimum Gasteiger partial charge on any atom is -0.497 e. The van der Waals surface area contributed by atoms with Crippen molar-refractivity contribution in [3.8, 4) is 5.75 Å². The molecule has 10 heteroatoms. The van der Waals surface area contributed by atoms with E-state index < -0.39 is 17.9 Å². The van der Waals surface area contributed by atoms with Gasteiger partial charge in [0, 0.05) is 5.56 Å². The molecule has 2 aliphatic heterocycles. The molecule has 0 fully saturated rings. The third-order valence-electron chi connectivity index (χ3n) is 7.31. The third-order valence-corrected chi connectivity index (χ3v) is 8.31. The fraction of sp³-hybridized carbons (Fsp3) is 0.182. The number of aromatic nitrogens is 1. The molecule has 0 bridgehead atoms. The van der Waals surface area contributed by atoms with Crippen LogP contribution < -0.4 is 24.6 Å². The molecule has 43 heavy (non-hydrogen) atoms. The number of carbonyl (C=O) groups excluding carboxylic acids is 2. The van der Waals surface area contributed by atoms with Crippen molar-refractivity contribution in [2.75, 3.05) is 18.7 Å². The number of hydrogen-bond donors (Lipinski definition) is 0.